The minimum Gasteiger partial charge on any atom is -0.480 e. The highest BCUT2D eigenvalue weighted by atomic mass is 16.4. The Morgan fingerprint density at radius 2 is 1.60 bits per heavy atom. The molecule has 6 nitrogen and oxygen atoms in total. The van der Waals surface area contributed by atoms with Crippen LogP contribution in [0.2, 0.25) is 0 Å². The fraction of sp³-hybridized carbons (Fsp3) is 0.333. The van der Waals surface area contributed by atoms with Gasteiger partial charge in [0.25, 0.3) is 7.55 Å². The average molecular weight is 344 g/mol. The van der Waals surface area contributed by atoms with Gasteiger partial charge in [0.05, 0.1) is 13.1 Å². The normalized spacial score (nSPS) is 12.1. The van der Waals surface area contributed by atoms with Crippen molar-refractivity contribution < 1.29 is 19.8 Å². The molecule has 0 aliphatic rings. The van der Waals surface area contributed by atoms with Crippen LogP contribution in [-0.4, -0.2) is 59.0 Å². The molecular weight excluding hydrogens is 319 g/mol. The average Bonchev–Trinajstić information content (AvgIpc) is 2.54. The Morgan fingerprint density at radius 3 is 2.12 bits per heavy atom. The summed E-state index contributed by atoms with van der Waals surface area (Å²) < 4.78 is 0. The lowest BCUT2D eigenvalue weighted by molar-refractivity contribution is -0.137. The number of benzene rings is 1. The molecule has 1 aromatic rings. The lowest BCUT2D eigenvalue weighted by Gasteiger charge is -2.27. The molecule has 1 rings (SSSR count). The summed E-state index contributed by atoms with van der Waals surface area (Å²) in [6.45, 7) is 4.38. The van der Waals surface area contributed by atoms with Crippen LogP contribution in [0, 0.1) is 0 Å². The molecule has 0 radical (unpaired) electrons. The number of carboxylic acids is 2. The van der Waals surface area contributed by atoms with Crippen LogP contribution < -0.4 is 0 Å². The van der Waals surface area contributed by atoms with Gasteiger partial charge in [0.1, 0.15) is 0 Å². The zero-order chi connectivity index (χ0) is 18.7. The van der Waals surface area contributed by atoms with E-state index < -0.39 is 11.9 Å². The van der Waals surface area contributed by atoms with Gasteiger partial charge < -0.3 is 19.8 Å². The third-order valence-corrected chi connectivity index (χ3v) is 3.52. The summed E-state index contributed by atoms with van der Waals surface area (Å²) in [5.41, 5.74) is 1.97. The first-order valence-electron chi connectivity index (χ1n) is 8.14. The van der Waals surface area contributed by atoms with Gasteiger partial charge in [-0.2, -0.15) is 0 Å². The first-order chi connectivity index (χ1) is 11.9. The van der Waals surface area contributed by atoms with Gasteiger partial charge in [0, 0.05) is 13.1 Å². The number of aliphatic carboxylic acids is 2. The van der Waals surface area contributed by atoms with Crippen molar-refractivity contribution >= 4 is 19.5 Å². The Morgan fingerprint density at radius 1 is 1.00 bits per heavy atom. The molecule has 0 unspecified atom stereocenters. The molecule has 0 amide bonds. The molecule has 0 saturated carbocycles. The Labute approximate surface area is 149 Å². The second-order valence-corrected chi connectivity index (χ2v) is 5.75. The van der Waals surface area contributed by atoms with Crippen LogP contribution in [-0.2, 0) is 16.1 Å². The molecule has 0 aliphatic carbocycles. The van der Waals surface area contributed by atoms with E-state index in [-0.39, 0.29) is 20.6 Å². The first-order valence-corrected chi connectivity index (χ1v) is 8.14. The van der Waals surface area contributed by atoms with E-state index in [1.807, 2.05) is 62.4 Å². The second-order valence-electron chi connectivity index (χ2n) is 5.75. The van der Waals surface area contributed by atoms with Crippen LogP contribution in [0.5, 0.6) is 0 Å². The van der Waals surface area contributed by atoms with E-state index in [1.165, 1.54) is 0 Å². The van der Waals surface area contributed by atoms with Crippen molar-refractivity contribution in [2.75, 3.05) is 19.6 Å². The van der Waals surface area contributed by atoms with Gasteiger partial charge in [-0.1, -0.05) is 48.6 Å². The van der Waals surface area contributed by atoms with E-state index in [1.54, 1.807) is 9.62 Å². The molecule has 7 heteroatoms. The van der Waals surface area contributed by atoms with Crippen molar-refractivity contribution in [3.8, 4) is 0 Å². The number of hydrogen-bond acceptors (Lipinski definition) is 4. The predicted molar refractivity (Wildman–Crippen MR) is 99.4 cm³/mol. The monoisotopic (exact) mass is 344 g/mol. The lowest BCUT2D eigenvalue weighted by Crippen LogP contribution is -2.46. The molecule has 0 saturated heterocycles. The standard InChI is InChI=1S/C18H25BN2O4/c1-3-8-15(4-2)11-20(13-17(22)23)19-21(14-18(24)25)12-16-9-6-5-7-10-16/h3-10,19H,11-14H2,1-2H3,(H,22,23)(H,24,25)/b8-3-,15-4+. The molecule has 134 valence electrons. The van der Waals surface area contributed by atoms with Gasteiger partial charge in [-0.15, -0.1) is 0 Å². The highest BCUT2D eigenvalue weighted by Crippen LogP contribution is 2.07. The molecule has 2 N–H and O–H groups in total. The van der Waals surface area contributed by atoms with Crippen LogP contribution in [0.25, 0.3) is 0 Å². The van der Waals surface area contributed by atoms with E-state index in [4.69, 9.17) is 10.2 Å². The molecule has 0 fully saturated rings. The van der Waals surface area contributed by atoms with Crippen molar-refractivity contribution in [1.82, 2.24) is 9.62 Å². The Hall–Kier alpha value is -2.38. The molecule has 0 spiro atoms. The van der Waals surface area contributed by atoms with Crippen molar-refractivity contribution in [2.45, 2.75) is 20.4 Å². The minimum absolute atomic E-state index is 0.153. The van der Waals surface area contributed by atoms with E-state index in [2.05, 4.69) is 0 Å². The van der Waals surface area contributed by atoms with Gasteiger partial charge in [-0.3, -0.25) is 9.59 Å². The Kier molecular flexibility index (Phi) is 9.28. The lowest BCUT2D eigenvalue weighted by atomic mass is 9.99. The van der Waals surface area contributed by atoms with E-state index in [9.17, 15) is 9.59 Å². The number of hydrogen-bond donors (Lipinski definition) is 2. The van der Waals surface area contributed by atoms with Gasteiger partial charge in [-0.25, -0.2) is 0 Å². The predicted octanol–water partition coefficient (Wildman–Crippen LogP) is 1.75. The second kappa shape index (κ2) is 11.2. The Balaban J connectivity index is 2.88. The van der Waals surface area contributed by atoms with Crippen LogP contribution in [0.3, 0.4) is 0 Å². The fourth-order valence-corrected chi connectivity index (χ4v) is 2.53. The Bertz CT molecular complexity index is 617. The van der Waals surface area contributed by atoms with Crippen molar-refractivity contribution in [3.05, 3.63) is 59.7 Å². The number of carbonyl (C=O) groups is 2. The summed E-state index contributed by atoms with van der Waals surface area (Å²) in [5.74, 6) is -1.88. The summed E-state index contributed by atoms with van der Waals surface area (Å²) >= 11 is 0. The highest BCUT2D eigenvalue weighted by Gasteiger charge is 2.19. The third kappa shape index (κ3) is 8.88. The maximum atomic E-state index is 11.2. The maximum absolute atomic E-state index is 11.2. The van der Waals surface area contributed by atoms with Crippen LogP contribution in [0.4, 0.5) is 0 Å². The van der Waals surface area contributed by atoms with Crippen LogP contribution in [0.15, 0.2) is 54.1 Å². The van der Waals surface area contributed by atoms with Crippen LogP contribution in [0.1, 0.15) is 19.4 Å². The number of allylic oxidation sites excluding steroid dienone is 2. The molecule has 1 aromatic carbocycles. The van der Waals surface area contributed by atoms with Gasteiger partial charge in [-0.05, 0) is 25.0 Å². The van der Waals surface area contributed by atoms with Crippen molar-refractivity contribution in [1.29, 1.82) is 0 Å². The zero-order valence-corrected chi connectivity index (χ0v) is 14.8. The largest absolute Gasteiger partial charge is 0.480 e. The smallest absolute Gasteiger partial charge is 0.316 e. The molecular formula is C18H25BN2O4. The van der Waals surface area contributed by atoms with Crippen molar-refractivity contribution in [2.24, 2.45) is 0 Å². The summed E-state index contributed by atoms with van der Waals surface area (Å²) in [4.78, 5) is 25.8. The molecule has 0 atom stereocenters. The van der Waals surface area contributed by atoms with E-state index in [0.29, 0.717) is 13.1 Å². The summed E-state index contributed by atoms with van der Waals surface area (Å²) in [7, 11) is 0.252. The van der Waals surface area contributed by atoms with Crippen molar-refractivity contribution in [3.63, 3.8) is 0 Å². The molecule has 0 bridgehead atoms. The molecule has 0 aliphatic heterocycles. The summed E-state index contributed by atoms with van der Waals surface area (Å²) in [6.07, 6.45) is 5.74. The highest BCUT2D eigenvalue weighted by molar-refractivity contribution is 6.29. The summed E-state index contributed by atoms with van der Waals surface area (Å²) in [5, 5.41) is 18.3. The van der Waals surface area contributed by atoms with Crippen LogP contribution >= 0.6 is 0 Å². The van der Waals surface area contributed by atoms with E-state index >= 15 is 0 Å². The maximum Gasteiger partial charge on any atom is 0.316 e. The molecule has 25 heavy (non-hydrogen) atoms. The number of rotatable bonds is 11. The van der Waals surface area contributed by atoms with Gasteiger partial charge in [0.2, 0.25) is 0 Å². The fourth-order valence-electron chi connectivity index (χ4n) is 2.53. The number of nitrogens with zero attached hydrogens (tertiary/aromatic N) is 2. The topological polar surface area (TPSA) is 81.1 Å². The van der Waals surface area contributed by atoms with Gasteiger partial charge in [0.15, 0.2) is 0 Å². The number of carboxylic acid groups (broad SMARTS) is 2. The quantitative estimate of drug-likeness (QED) is 0.470. The van der Waals surface area contributed by atoms with Gasteiger partial charge >= 0.3 is 11.9 Å². The molecule has 0 aromatic heterocycles. The first kappa shape index (κ1) is 20.7. The molecule has 0 heterocycles. The zero-order valence-electron chi connectivity index (χ0n) is 14.8. The third-order valence-electron chi connectivity index (χ3n) is 3.52. The minimum atomic E-state index is -0.939. The van der Waals surface area contributed by atoms with E-state index in [0.717, 1.165) is 11.1 Å². The summed E-state index contributed by atoms with van der Waals surface area (Å²) in [6, 6.07) is 9.54. The SMILES string of the molecule is C/C=C\C(=C/C)CN(BN(CC(=O)O)Cc1ccccc1)CC(=O)O.